The second kappa shape index (κ2) is 8.46. The second-order valence-electron chi connectivity index (χ2n) is 7.52. The SMILES string of the molecule is COc1ccc(C)cc1/C(O)=C1\C(=O)C(=O)N(c2ccc(F)cc2F)C1c1ccc(F)cc1. The maximum absolute atomic E-state index is 14.7. The number of hydrogen-bond acceptors (Lipinski definition) is 4. The number of hydrogen-bond donors (Lipinski definition) is 1. The molecule has 1 amide bonds. The molecule has 1 heterocycles. The fourth-order valence-electron chi connectivity index (χ4n) is 3.87. The molecule has 0 saturated carbocycles. The Morgan fingerprint density at radius 1 is 0.939 bits per heavy atom. The third-order valence-electron chi connectivity index (χ3n) is 5.41. The molecule has 1 aliphatic heterocycles. The van der Waals surface area contributed by atoms with Gasteiger partial charge in [-0.2, -0.15) is 0 Å². The van der Waals surface area contributed by atoms with Gasteiger partial charge in [-0.15, -0.1) is 0 Å². The first kappa shape index (κ1) is 22.1. The number of aliphatic hydroxyl groups excluding tert-OH is 1. The van der Waals surface area contributed by atoms with Crippen molar-refractivity contribution in [1.82, 2.24) is 0 Å². The molecule has 168 valence electrons. The zero-order valence-corrected chi connectivity index (χ0v) is 17.6. The van der Waals surface area contributed by atoms with Crippen molar-refractivity contribution in [2.45, 2.75) is 13.0 Å². The van der Waals surface area contributed by atoms with Crippen molar-refractivity contribution in [1.29, 1.82) is 0 Å². The highest BCUT2D eigenvalue weighted by atomic mass is 19.1. The van der Waals surface area contributed by atoms with Crippen LogP contribution in [0.4, 0.5) is 18.9 Å². The number of ether oxygens (including phenoxy) is 1. The van der Waals surface area contributed by atoms with Crippen LogP contribution in [0.3, 0.4) is 0 Å². The van der Waals surface area contributed by atoms with Crippen molar-refractivity contribution in [2.75, 3.05) is 12.0 Å². The minimum atomic E-state index is -1.30. The first-order chi connectivity index (χ1) is 15.7. The number of methoxy groups -OCH3 is 1. The van der Waals surface area contributed by atoms with E-state index in [4.69, 9.17) is 4.74 Å². The van der Waals surface area contributed by atoms with Crippen molar-refractivity contribution in [3.05, 3.63) is 100 Å². The van der Waals surface area contributed by atoms with Crippen LogP contribution in [0.25, 0.3) is 5.76 Å². The van der Waals surface area contributed by atoms with E-state index in [-0.39, 0.29) is 28.1 Å². The number of carbonyl (C=O) groups is 2. The molecule has 0 bridgehead atoms. The lowest BCUT2D eigenvalue weighted by atomic mass is 9.94. The summed E-state index contributed by atoms with van der Waals surface area (Å²) in [7, 11) is 1.38. The summed E-state index contributed by atoms with van der Waals surface area (Å²) in [5, 5.41) is 11.2. The maximum atomic E-state index is 14.7. The molecule has 1 N–H and O–H groups in total. The van der Waals surface area contributed by atoms with Crippen LogP contribution in [0.15, 0.2) is 66.2 Å². The van der Waals surface area contributed by atoms with Crippen molar-refractivity contribution in [2.24, 2.45) is 0 Å². The highest BCUT2D eigenvalue weighted by Gasteiger charge is 2.48. The molecular formula is C25H18F3NO4. The van der Waals surface area contributed by atoms with E-state index in [9.17, 15) is 27.9 Å². The molecule has 3 aromatic carbocycles. The van der Waals surface area contributed by atoms with Gasteiger partial charge >= 0.3 is 0 Å². The van der Waals surface area contributed by atoms with Crippen LogP contribution < -0.4 is 9.64 Å². The van der Waals surface area contributed by atoms with Gasteiger partial charge in [-0.25, -0.2) is 13.2 Å². The maximum Gasteiger partial charge on any atom is 0.300 e. The first-order valence-corrected chi connectivity index (χ1v) is 9.89. The minimum Gasteiger partial charge on any atom is -0.507 e. The predicted molar refractivity (Wildman–Crippen MR) is 115 cm³/mol. The number of aryl methyl sites for hydroxylation is 1. The summed E-state index contributed by atoms with van der Waals surface area (Å²) in [6.07, 6.45) is 0. The normalized spacial score (nSPS) is 17.5. The Kier molecular flexibility index (Phi) is 5.68. The van der Waals surface area contributed by atoms with E-state index in [1.54, 1.807) is 25.1 Å². The van der Waals surface area contributed by atoms with Crippen LogP contribution in [-0.4, -0.2) is 23.9 Å². The molecule has 1 aliphatic rings. The Balaban J connectivity index is 2.00. The summed E-state index contributed by atoms with van der Waals surface area (Å²) < 4.78 is 47.1. The van der Waals surface area contributed by atoms with Crippen LogP contribution in [0, 0.1) is 24.4 Å². The summed E-state index contributed by atoms with van der Waals surface area (Å²) in [5.41, 5.74) is 0.450. The molecule has 0 radical (unpaired) electrons. The average molecular weight is 453 g/mol. The number of carbonyl (C=O) groups excluding carboxylic acids is 2. The molecule has 1 atom stereocenters. The standard InChI is InChI=1S/C25H18F3NO4/c1-13-3-10-20(33-2)17(11-13)23(30)21-22(14-4-6-15(26)7-5-14)29(25(32)24(21)31)19-9-8-16(27)12-18(19)28/h3-12,22,30H,1-2H3/b23-21+. The molecule has 4 rings (SSSR count). The molecule has 0 aliphatic carbocycles. The predicted octanol–water partition coefficient (Wildman–Crippen LogP) is 5.05. The number of halogens is 3. The van der Waals surface area contributed by atoms with Crippen LogP contribution in [0.2, 0.25) is 0 Å². The van der Waals surface area contributed by atoms with Gasteiger partial charge in [-0.05, 0) is 48.9 Å². The van der Waals surface area contributed by atoms with Crippen molar-refractivity contribution in [3.63, 3.8) is 0 Å². The molecule has 8 heteroatoms. The van der Waals surface area contributed by atoms with Gasteiger partial charge in [-0.1, -0.05) is 23.8 Å². The fourth-order valence-corrected chi connectivity index (χ4v) is 3.87. The minimum absolute atomic E-state index is 0.155. The Bertz CT molecular complexity index is 1300. The molecule has 33 heavy (non-hydrogen) atoms. The smallest absolute Gasteiger partial charge is 0.300 e. The van der Waals surface area contributed by atoms with Crippen LogP contribution >= 0.6 is 0 Å². The van der Waals surface area contributed by atoms with Gasteiger partial charge in [0.05, 0.1) is 30.0 Å². The zero-order valence-electron chi connectivity index (χ0n) is 17.6. The number of rotatable bonds is 4. The number of anilines is 1. The third-order valence-corrected chi connectivity index (χ3v) is 5.41. The summed E-state index contributed by atoms with van der Waals surface area (Å²) in [5.74, 6) is -4.99. The number of Topliss-reactive ketones (excluding diaryl/α,β-unsaturated/α-hetero) is 1. The van der Waals surface area contributed by atoms with Gasteiger partial charge in [0.2, 0.25) is 0 Å². The highest BCUT2D eigenvalue weighted by molar-refractivity contribution is 6.51. The lowest BCUT2D eigenvalue weighted by molar-refractivity contribution is -0.132. The van der Waals surface area contributed by atoms with Gasteiger partial charge in [-0.3, -0.25) is 14.5 Å². The molecule has 0 spiro atoms. The molecule has 1 saturated heterocycles. The molecular weight excluding hydrogens is 435 g/mol. The van der Waals surface area contributed by atoms with Gasteiger partial charge < -0.3 is 9.84 Å². The van der Waals surface area contributed by atoms with Crippen molar-refractivity contribution >= 4 is 23.1 Å². The summed E-state index contributed by atoms with van der Waals surface area (Å²) in [6, 6.07) is 11.0. The molecule has 0 aromatic heterocycles. The number of nitrogens with zero attached hydrogens (tertiary/aromatic N) is 1. The lowest BCUT2D eigenvalue weighted by Crippen LogP contribution is -2.30. The van der Waals surface area contributed by atoms with E-state index >= 15 is 0 Å². The Labute approximate surface area is 187 Å². The van der Waals surface area contributed by atoms with Gasteiger partial charge in [0.15, 0.2) is 0 Å². The molecule has 5 nitrogen and oxygen atoms in total. The highest BCUT2D eigenvalue weighted by Crippen LogP contribution is 2.44. The van der Waals surface area contributed by atoms with Crippen LogP contribution in [0.1, 0.15) is 22.7 Å². The second-order valence-corrected chi connectivity index (χ2v) is 7.52. The number of amides is 1. The quantitative estimate of drug-likeness (QED) is 0.341. The van der Waals surface area contributed by atoms with E-state index in [0.29, 0.717) is 6.07 Å². The van der Waals surface area contributed by atoms with Gasteiger partial charge in [0.25, 0.3) is 11.7 Å². The van der Waals surface area contributed by atoms with Crippen molar-refractivity contribution < 1.29 is 32.6 Å². The Morgan fingerprint density at radius 3 is 2.24 bits per heavy atom. The van der Waals surface area contributed by atoms with Crippen LogP contribution in [-0.2, 0) is 9.59 Å². The van der Waals surface area contributed by atoms with Gasteiger partial charge in [0, 0.05) is 6.07 Å². The monoisotopic (exact) mass is 453 g/mol. The molecule has 1 fully saturated rings. The van der Waals surface area contributed by atoms with E-state index < -0.39 is 40.9 Å². The number of benzene rings is 3. The van der Waals surface area contributed by atoms with E-state index in [2.05, 4.69) is 0 Å². The topological polar surface area (TPSA) is 66.8 Å². The number of aliphatic hydroxyl groups is 1. The van der Waals surface area contributed by atoms with Gasteiger partial charge in [0.1, 0.15) is 29.0 Å². The Morgan fingerprint density at radius 2 is 1.61 bits per heavy atom. The molecule has 1 unspecified atom stereocenters. The summed E-state index contributed by atoms with van der Waals surface area (Å²) >= 11 is 0. The molecule has 3 aromatic rings. The Hall–Kier alpha value is -4.07. The average Bonchev–Trinajstić information content (AvgIpc) is 3.04. The summed E-state index contributed by atoms with van der Waals surface area (Å²) in [6.45, 7) is 1.76. The third kappa shape index (κ3) is 3.84. The van der Waals surface area contributed by atoms with E-state index in [1.165, 1.54) is 19.2 Å². The van der Waals surface area contributed by atoms with E-state index in [1.807, 2.05) is 0 Å². The summed E-state index contributed by atoms with van der Waals surface area (Å²) in [4.78, 5) is 27.0. The zero-order chi connectivity index (χ0) is 23.9. The largest absolute Gasteiger partial charge is 0.507 e. The fraction of sp³-hybridized carbons (Fsp3) is 0.120. The first-order valence-electron chi connectivity index (χ1n) is 9.89. The van der Waals surface area contributed by atoms with Crippen LogP contribution in [0.5, 0.6) is 5.75 Å². The lowest BCUT2D eigenvalue weighted by Gasteiger charge is -2.26. The van der Waals surface area contributed by atoms with E-state index in [0.717, 1.165) is 34.7 Å². The van der Waals surface area contributed by atoms with Crippen molar-refractivity contribution in [3.8, 4) is 5.75 Å². The number of ketones is 1.